The van der Waals surface area contributed by atoms with Crippen molar-refractivity contribution in [1.82, 2.24) is 20.7 Å². The number of nitrogens with one attached hydrogen (secondary N) is 3. The van der Waals surface area contributed by atoms with E-state index in [1.165, 1.54) is 14.0 Å². The molecule has 1 aliphatic rings. The number of rotatable bonds is 12. The number of aryl methyl sites for hydroxylation is 2. The largest absolute Gasteiger partial charge is 0.609 e. The maximum absolute atomic E-state index is 13.8. The van der Waals surface area contributed by atoms with E-state index in [0.717, 1.165) is 21.4 Å². The second-order valence-electron chi connectivity index (χ2n) is 8.46. The molecule has 0 fully saturated rings. The highest BCUT2D eigenvalue weighted by Gasteiger charge is 2.27. The Morgan fingerprint density at radius 3 is 2.54 bits per heavy atom. The first kappa shape index (κ1) is 28.0. The fourth-order valence-electron chi connectivity index (χ4n) is 3.83. The van der Waals surface area contributed by atoms with Crippen molar-refractivity contribution in [3.05, 3.63) is 40.9 Å². The average molecular weight is 492 g/mol. The van der Waals surface area contributed by atoms with Crippen molar-refractivity contribution in [3.63, 3.8) is 0 Å². The molecule has 1 aromatic rings. The lowest BCUT2D eigenvalue weighted by molar-refractivity contribution is -0.342. The van der Waals surface area contributed by atoms with E-state index in [0.29, 0.717) is 35.7 Å². The summed E-state index contributed by atoms with van der Waals surface area (Å²) in [5, 5.41) is 15.1. The van der Waals surface area contributed by atoms with Gasteiger partial charge in [-0.2, -0.15) is 0 Å². The second-order valence-corrected chi connectivity index (χ2v) is 8.46. The number of carbonyl (C=O) groups excluding carboxylic acids is 3. The van der Waals surface area contributed by atoms with Crippen LogP contribution in [0.3, 0.4) is 0 Å². The molecule has 191 valence electrons. The fourth-order valence-corrected chi connectivity index (χ4v) is 3.83. The number of aromatic nitrogens is 1. The zero-order valence-electron chi connectivity index (χ0n) is 20.5. The summed E-state index contributed by atoms with van der Waals surface area (Å²) in [4.78, 5) is 38.8. The number of allylic oxidation sites excluding steroid dienone is 2. The first-order valence-electron chi connectivity index (χ1n) is 11.5. The number of hydrogen-bond donors (Lipinski definition) is 4. The van der Waals surface area contributed by atoms with Crippen molar-refractivity contribution >= 4 is 36.9 Å². The van der Waals surface area contributed by atoms with Crippen LogP contribution in [-0.2, 0) is 14.4 Å². The molecular formula is C23H33BF2N5O4. The minimum absolute atomic E-state index is 0.0704. The van der Waals surface area contributed by atoms with Gasteiger partial charge in [-0.3, -0.25) is 19.6 Å². The molecule has 0 aliphatic carbocycles. The zero-order chi connectivity index (χ0) is 26.1. The molecule has 0 bridgehead atoms. The van der Waals surface area contributed by atoms with Gasteiger partial charge in [0, 0.05) is 63.0 Å². The van der Waals surface area contributed by atoms with Gasteiger partial charge in [0.25, 0.3) is 0 Å². The molecule has 2 rings (SSSR count). The lowest BCUT2D eigenvalue weighted by Gasteiger charge is -2.18. The summed E-state index contributed by atoms with van der Waals surface area (Å²) in [5.74, 6) is -1.29. The van der Waals surface area contributed by atoms with Gasteiger partial charge in [0.1, 0.15) is 11.8 Å². The number of hydrogen-bond acceptors (Lipinski definition) is 4. The molecule has 1 aliphatic heterocycles. The Balaban J connectivity index is 1.99. The molecule has 12 heteroatoms. The number of unbranched alkanes of at least 4 members (excludes halogenated alkanes) is 1. The molecule has 0 spiro atoms. The summed E-state index contributed by atoms with van der Waals surface area (Å²) in [7, 11) is -1.32. The molecular weight excluding hydrogens is 459 g/mol. The number of halogens is 2. The molecule has 35 heavy (non-hydrogen) atoms. The van der Waals surface area contributed by atoms with E-state index in [1.807, 2.05) is 19.9 Å². The first-order chi connectivity index (χ1) is 16.5. The Hall–Kier alpha value is -3.28. The fraction of sp³-hybridized carbons (Fsp3) is 0.478. The van der Waals surface area contributed by atoms with Crippen molar-refractivity contribution in [2.75, 3.05) is 13.6 Å². The van der Waals surface area contributed by atoms with Crippen LogP contribution in [0.25, 0.3) is 6.08 Å². The van der Waals surface area contributed by atoms with Crippen LogP contribution in [0.15, 0.2) is 23.9 Å². The van der Waals surface area contributed by atoms with Gasteiger partial charge >= 0.3 is 7.40 Å². The van der Waals surface area contributed by atoms with Crippen molar-refractivity contribution in [3.8, 4) is 0 Å². The van der Waals surface area contributed by atoms with Crippen LogP contribution in [0, 0.1) is 13.8 Å². The number of amides is 3. The third-order valence-electron chi connectivity index (χ3n) is 5.69. The predicted octanol–water partition coefficient (Wildman–Crippen LogP) is 2.34. The summed E-state index contributed by atoms with van der Waals surface area (Å²) in [6.45, 7) is 5.14. The predicted molar refractivity (Wildman–Crippen MR) is 129 cm³/mol. The van der Waals surface area contributed by atoms with Crippen LogP contribution in [0.2, 0.25) is 0 Å². The maximum Gasteiger partial charge on any atom is 0.609 e. The monoisotopic (exact) mass is 492 g/mol. The Kier molecular flexibility index (Phi) is 10.4. The number of aromatic amines is 1. The molecule has 0 aromatic carbocycles. The van der Waals surface area contributed by atoms with Crippen molar-refractivity contribution in [2.24, 2.45) is 0 Å². The molecule has 1 radical (unpaired) electrons. The number of likely N-dealkylation sites (N-methyl/N-ethyl adjacent to an activating group) is 1. The van der Waals surface area contributed by atoms with Gasteiger partial charge in [-0.1, -0.05) is 0 Å². The van der Waals surface area contributed by atoms with Crippen LogP contribution in [0.5, 0.6) is 0 Å². The molecule has 2 heterocycles. The Morgan fingerprint density at radius 1 is 1.26 bits per heavy atom. The Labute approximate surface area is 204 Å². The van der Waals surface area contributed by atoms with Crippen molar-refractivity contribution in [2.45, 2.75) is 58.9 Å². The van der Waals surface area contributed by atoms with Crippen LogP contribution in [-0.4, -0.2) is 70.2 Å². The lowest BCUT2D eigenvalue weighted by atomic mass is 10.1. The third-order valence-corrected chi connectivity index (χ3v) is 5.69. The van der Waals surface area contributed by atoms with Gasteiger partial charge < -0.3 is 28.7 Å². The molecule has 0 unspecified atom stereocenters. The van der Waals surface area contributed by atoms with E-state index in [9.17, 15) is 28.2 Å². The topological polar surface area (TPSA) is 118 Å². The zero-order valence-corrected chi connectivity index (χ0v) is 20.5. The van der Waals surface area contributed by atoms with E-state index < -0.39 is 25.3 Å². The van der Waals surface area contributed by atoms with Gasteiger partial charge in [0.15, 0.2) is 5.70 Å². The molecule has 4 N–H and O–H groups in total. The minimum Gasteiger partial charge on any atom is -0.433 e. The normalized spacial score (nSPS) is 15.1. The van der Waals surface area contributed by atoms with Gasteiger partial charge in [-0.15, -0.1) is 0 Å². The van der Waals surface area contributed by atoms with Crippen LogP contribution < -0.4 is 10.6 Å². The highest BCUT2D eigenvalue weighted by molar-refractivity contribution is 6.35. The van der Waals surface area contributed by atoms with Gasteiger partial charge in [-0.05, 0) is 44.7 Å². The Bertz CT molecular complexity index is 1040. The number of H-pyrrole nitrogens is 1. The van der Waals surface area contributed by atoms with Gasteiger partial charge in [-0.25, -0.2) is 5.06 Å². The Morgan fingerprint density at radius 2 is 1.97 bits per heavy atom. The van der Waals surface area contributed by atoms with Crippen LogP contribution >= 0.6 is 0 Å². The van der Waals surface area contributed by atoms with Crippen molar-refractivity contribution in [1.29, 1.82) is 0 Å². The minimum atomic E-state index is -2.77. The van der Waals surface area contributed by atoms with Gasteiger partial charge in [0.05, 0.1) is 0 Å². The average Bonchev–Trinajstić information content (AvgIpc) is 3.35. The quantitative estimate of drug-likeness (QED) is 0.155. The summed E-state index contributed by atoms with van der Waals surface area (Å²) in [5.41, 5.74) is 3.25. The van der Waals surface area contributed by atoms with Crippen molar-refractivity contribution < 1.29 is 32.7 Å². The number of carbonyl (C=O) groups is 3. The molecule has 0 saturated heterocycles. The summed E-state index contributed by atoms with van der Waals surface area (Å²) < 4.78 is 28.6. The lowest BCUT2D eigenvalue weighted by Crippen LogP contribution is -2.45. The highest BCUT2D eigenvalue weighted by atomic mass is 19.2. The maximum atomic E-state index is 13.8. The van der Waals surface area contributed by atoms with Crippen LogP contribution in [0.1, 0.15) is 56.0 Å². The van der Waals surface area contributed by atoms with E-state index in [-0.39, 0.29) is 25.3 Å². The first-order valence-corrected chi connectivity index (χ1v) is 11.5. The summed E-state index contributed by atoms with van der Waals surface area (Å²) in [6, 6.07) is 1.13. The van der Waals surface area contributed by atoms with E-state index in [2.05, 4.69) is 15.6 Å². The second kappa shape index (κ2) is 13.0. The number of nitrogens with zero attached hydrogens (tertiary/aromatic N) is 2. The third kappa shape index (κ3) is 8.16. The van der Waals surface area contributed by atoms with E-state index >= 15 is 0 Å². The summed E-state index contributed by atoms with van der Waals surface area (Å²) in [6.07, 6.45) is 6.05. The molecule has 9 nitrogen and oxygen atoms in total. The molecule has 3 amide bonds. The van der Waals surface area contributed by atoms with Gasteiger partial charge in [0.2, 0.25) is 17.7 Å². The smallest absolute Gasteiger partial charge is 0.433 e. The molecule has 1 aromatic heterocycles. The van der Waals surface area contributed by atoms with E-state index in [4.69, 9.17) is 0 Å². The van der Waals surface area contributed by atoms with E-state index in [1.54, 1.807) is 18.2 Å². The molecule has 1 atom stereocenters. The SMILES string of the molecule is CNC(=O)[C@H](CCCCN(O)C(C)=O)NC(=O)CCC1=[N+]([B-](F)F)C(=Cc2[nH]c(C)cc2C)C=C1. The standard InChI is InChI=1S/C23H32BF2N5O4/c1-15-13-16(2)28-21(15)14-19-9-8-18(31(19)24(25)26)10-11-22(33)29-20(23(34)27-4)7-5-6-12-30(35)17(3)32/h8-9,13-14,20,28,35H,5-7,10-12H2,1-4H3,(H-,27,29,33,34)/q-1/p+1/t20-/m0/s1. The molecule has 0 saturated carbocycles. The number of hydroxylamine groups is 2. The summed E-state index contributed by atoms with van der Waals surface area (Å²) >= 11 is 0. The highest BCUT2D eigenvalue weighted by Crippen LogP contribution is 2.20. The van der Waals surface area contributed by atoms with Crippen LogP contribution in [0.4, 0.5) is 8.63 Å².